The van der Waals surface area contributed by atoms with Crippen LogP contribution in [0.5, 0.6) is 0 Å². The lowest BCUT2D eigenvalue weighted by Gasteiger charge is -2.20. The van der Waals surface area contributed by atoms with Crippen LogP contribution in [0, 0.1) is 0 Å². The molecule has 19 heavy (non-hydrogen) atoms. The summed E-state index contributed by atoms with van der Waals surface area (Å²) >= 11 is 0. The van der Waals surface area contributed by atoms with Gasteiger partial charge >= 0.3 is 0 Å². The maximum atomic E-state index is 10.1. The zero-order valence-corrected chi connectivity index (χ0v) is 10.5. The van der Waals surface area contributed by atoms with Crippen LogP contribution in [0.4, 0.5) is 11.4 Å². The molecule has 0 fully saturated rings. The second-order valence-electron chi connectivity index (χ2n) is 4.33. The van der Waals surface area contributed by atoms with Crippen molar-refractivity contribution >= 4 is 11.4 Å². The highest BCUT2D eigenvalue weighted by Gasteiger charge is 2.19. The van der Waals surface area contributed by atoms with E-state index in [-0.39, 0.29) is 6.54 Å². The fraction of sp³-hybridized carbons (Fsp3) is 0.200. The van der Waals surface area contributed by atoms with Gasteiger partial charge in [0, 0.05) is 23.5 Å². The van der Waals surface area contributed by atoms with Gasteiger partial charge < -0.3 is 21.3 Å². The van der Waals surface area contributed by atoms with Gasteiger partial charge in [-0.05, 0) is 18.2 Å². The number of anilines is 2. The molecule has 0 radical (unpaired) electrons. The Labute approximate surface area is 112 Å². The number of para-hydroxylation sites is 2. The molecule has 0 amide bonds. The molecule has 5 N–H and O–H groups in total. The third-order valence-electron chi connectivity index (χ3n) is 2.94. The van der Waals surface area contributed by atoms with Gasteiger partial charge in [0.2, 0.25) is 0 Å². The van der Waals surface area contributed by atoms with Crippen LogP contribution in [-0.4, -0.2) is 22.9 Å². The first-order valence-electron chi connectivity index (χ1n) is 6.19. The summed E-state index contributed by atoms with van der Waals surface area (Å²) in [5.41, 5.74) is 7.69. The van der Waals surface area contributed by atoms with E-state index in [1.165, 1.54) is 0 Å². The van der Waals surface area contributed by atoms with E-state index in [0.717, 1.165) is 11.4 Å². The van der Waals surface area contributed by atoms with E-state index in [1.807, 2.05) is 48.5 Å². The summed E-state index contributed by atoms with van der Waals surface area (Å²) in [6, 6.07) is 17.0. The third kappa shape index (κ3) is 3.32. The SMILES string of the molecule is NCC(O)C(O)c1ccccc1Nc1ccccc1. The predicted molar refractivity (Wildman–Crippen MR) is 76.2 cm³/mol. The highest BCUT2D eigenvalue weighted by atomic mass is 16.3. The van der Waals surface area contributed by atoms with Crippen molar-refractivity contribution in [3.63, 3.8) is 0 Å². The maximum absolute atomic E-state index is 10.1. The summed E-state index contributed by atoms with van der Waals surface area (Å²) in [5.74, 6) is 0. The van der Waals surface area contributed by atoms with Crippen LogP contribution < -0.4 is 11.1 Å². The van der Waals surface area contributed by atoms with Gasteiger partial charge in [0.1, 0.15) is 6.10 Å². The minimum absolute atomic E-state index is 0.0147. The molecule has 2 rings (SSSR count). The van der Waals surface area contributed by atoms with Crippen molar-refractivity contribution in [2.45, 2.75) is 12.2 Å². The van der Waals surface area contributed by atoms with E-state index in [0.29, 0.717) is 5.56 Å². The number of hydrogen-bond donors (Lipinski definition) is 4. The quantitative estimate of drug-likeness (QED) is 0.659. The molecule has 0 aliphatic heterocycles. The van der Waals surface area contributed by atoms with Gasteiger partial charge in [-0.2, -0.15) is 0 Å². The van der Waals surface area contributed by atoms with Gasteiger partial charge in [0.25, 0.3) is 0 Å². The molecule has 0 saturated heterocycles. The number of hydrogen-bond acceptors (Lipinski definition) is 4. The van der Waals surface area contributed by atoms with Crippen molar-refractivity contribution in [1.29, 1.82) is 0 Å². The average Bonchev–Trinajstić information content (AvgIpc) is 2.47. The standard InChI is InChI=1S/C15H18N2O2/c16-10-14(18)15(19)12-8-4-5-9-13(12)17-11-6-2-1-3-7-11/h1-9,14-15,17-19H,10,16H2. The van der Waals surface area contributed by atoms with Gasteiger partial charge in [-0.3, -0.25) is 0 Å². The topological polar surface area (TPSA) is 78.5 Å². The van der Waals surface area contributed by atoms with Gasteiger partial charge in [-0.1, -0.05) is 36.4 Å². The summed E-state index contributed by atoms with van der Waals surface area (Å²) in [6.45, 7) is 0.0147. The Morgan fingerprint density at radius 2 is 1.58 bits per heavy atom. The van der Waals surface area contributed by atoms with Crippen LogP contribution in [0.25, 0.3) is 0 Å². The Morgan fingerprint density at radius 1 is 0.947 bits per heavy atom. The number of aliphatic hydroxyl groups excluding tert-OH is 2. The first-order chi connectivity index (χ1) is 9.22. The van der Waals surface area contributed by atoms with Crippen molar-refractivity contribution in [1.82, 2.24) is 0 Å². The van der Waals surface area contributed by atoms with Crippen LogP contribution in [0.15, 0.2) is 54.6 Å². The summed E-state index contributed by atoms with van der Waals surface area (Å²) in [7, 11) is 0. The third-order valence-corrected chi connectivity index (χ3v) is 2.94. The second kappa shape index (κ2) is 6.33. The lowest BCUT2D eigenvalue weighted by atomic mass is 10.0. The van der Waals surface area contributed by atoms with E-state index < -0.39 is 12.2 Å². The van der Waals surface area contributed by atoms with Crippen molar-refractivity contribution in [3.05, 3.63) is 60.2 Å². The molecular weight excluding hydrogens is 240 g/mol. The largest absolute Gasteiger partial charge is 0.389 e. The molecule has 2 aromatic rings. The molecule has 4 nitrogen and oxygen atoms in total. The molecular formula is C15H18N2O2. The number of benzene rings is 2. The van der Waals surface area contributed by atoms with E-state index in [1.54, 1.807) is 6.07 Å². The van der Waals surface area contributed by atoms with Crippen molar-refractivity contribution in [2.75, 3.05) is 11.9 Å². The van der Waals surface area contributed by atoms with Crippen molar-refractivity contribution in [3.8, 4) is 0 Å². The number of nitrogens with one attached hydrogen (secondary N) is 1. The molecule has 2 unspecified atom stereocenters. The molecule has 2 atom stereocenters. The summed E-state index contributed by atoms with van der Waals surface area (Å²) < 4.78 is 0. The van der Waals surface area contributed by atoms with Crippen LogP contribution in [0.2, 0.25) is 0 Å². The fourth-order valence-corrected chi connectivity index (χ4v) is 1.88. The zero-order valence-electron chi connectivity index (χ0n) is 10.5. The van der Waals surface area contributed by atoms with Crippen LogP contribution >= 0.6 is 0 Å². The van der Waals surface area contributed by atoms with Crippen LogP contribution in [0.1, 0.15) is 11.7 Å². The monoisotopic (exact) mass is 258 g/mol. The minimum Gasteiger partial charge on any atom is -0.389 e. The van der Waals surface area contributed by atoms with Gasteiger partial charge in [-0.15, -0.1) is 0 Å². The average molecular weight is 258 g/mol. The van der Waals surface area contributed by atoms with Crippen molar-refractivity contribution < 1.29 is 10.2 Å². The Morgan fingerprint density at radius 3 is 2.26 bits per heavy atom. The van der Waals surface area contributed by atoms with E-state index in [2.05, 4.69) is 5.32 Å². The molecule has 0 aromatic heterocycles. The Balaban J connectivity index is 2.26. The molecule has 4 heteroatoms. The molecule has 0 saturated carbocycles. The highest BCUT2D eigenvalue weighted by Crippen LogP contribution is 2.27. The van der Waals surface area contributed by atoms with Gasteiger partial charge in [0.05, 0.1) is 6.10 Å². The molecule has 0 aliphatic rings. The van der Waals surface area contributed by atoms with E-state index >= 15 is 0 Å². The van der Waals surface area contributed by atoms with Crippen LogP contribution in [-0.2, 0) is 0 Å². The second-order valence-corrected chi connectivity index (χ2v) is 4.33. The Hall–Kier alpha value is -1.88. The smallest absolute Gasteiger partial charge is 0.108 e. The molecule has 0 bridgehead atoms. The first-order valence-corrected chi connectivity index (χ1v) is 6.19. The lowest BCUT2D eigenvalue weighted by molar-refractivity contribution is 0.0248. The zero-order chi connectivity index (χ0) is 13.7. The summed E-state index contributed by atoms with van der Waals surface area (Å²) in [4.78, 5) is 0. The van der Waals surface area contributed by atoms with Crippen LogP contribution in [0.3, 0.4) is 0 Å². The first kappa shape index (κ1) is 13.5. The number of rotatable bonds is 5. The van der Waals surface area contributed by atoms with Gasteiger partial charge in [-0.25, -0.2) is 0 Å². The predicted octanol–water partition coefficient (Wildman–Crippen LogP) is 1.78. The molecule has 100 valence electrons. The lowest BCUT2D eigenvalue weighted by Crippen LogP contribution is -2.27. The summed E-state index contributed by atoms with van der Waals surface area (Å²) in [6.07, 6.45) is -1.98. The fourth-order valence-electron chi connectivity index (χ4n) is 1.88. The van der Waals surface area contributed by atoms with Gasteiger partial charge in [0.15, 0.2) is 0 Å². The Kier molecular flexibility index (Phi) is 4.52. The van der Waals surface area contributed by atoms with E-state index in [9.17, 15) is 10.2 Å². The molecule has 0 aliphatic carbocycles. The maximum Gasteiger partial charge on any atom is 0.108 e. The van der Waals surface area contributed by atoms with Crippen molar-refractivity contribution in [2.24, 2.45) is 5.73 Å². The highest BCUT2D eigenvalue weighted by molar-refractivity contribution is 5.63. The Bertz CT molecular complexity index is 517. The molecule has 0 spiro atoms. The summed E-state index contributed by atoms with van der Waals surface area (Å²) in [5, 5.41) is 23.0. The number of nitrogens with two attached hydrogens (primary N) is 1. The minimum atomic E-state index is -1.00. The molecule has 0 heterocycles. The molecule has 2 aromatic carbocycles. The number of aliphatic hydroxyl groups is 2. The van der Waals surface area contributed by atoms with E-state index in [4.69, 9.17) is 5.73 Å². The normalized spacial score (nSPS) is 13.8.